The molecule has 0 spiro atoms. The molecule has 1 unspecified atom stereocenters. The van der Waals surface area contributed by atoms with E-state index in [4.69, 9.17) is 9.47 Å². The first-order valence-corrected chi connectivity index (χ1v) is 10.7. The van der Waals surface area contributed by atoms with E-state index in [1.807, 2.05) is 42.5 Å². The predicted molar refractivity (Wildman–Crippen MR) is 121 cm³/mol. The van der Waals surface area contributed by atoms with Crippen molar-refractivity contribution in [1.29, 1.82) is 0 Å². The van der Waals surface area contributed by atoms with Crippen molar-refractivity contribution >= 4 is 6.08 Å². The van der Waals surface area contributed by atoms with E-state index in [2.05, 4.69) is 36.7 Å². The van der Waals surface area contributed by atoms with Gasteiger partial charge in [-0.25, -0.2) is 0 Å². The average molecular weight is 395 g/mol. The molecule has 1 atom stereocenters. The lowest BCUT2D eigenvalue weighted by atomic mass is 10.1. The van der Waals surface area contributed by atoms with Gasteiger partial charge in [0.25, 0.3) is 0 Å². The molecule has 0 saturated heterocycles. The molecule has 156 valence electrons. The van der Waals surface area contributed by atoms with E-state index in [0.717, 1.165) is 48.6 Å². The number of ether oxygens (including phenoxy) is 2. The molecule has 4 heteroatoms. The molecule has 0 amide bonds. The van der Waals surface area contributed by atoms with Gasteiger partial charge in [-0.2, -0.15) is 5.10 Å². The van der Waals surface area contributed by atoms with E-state index in [1.165, 1.54) is 19.3 Å². The Labute approximate surface area is 175 Å². The van der Waals surface area contributed by atoms with E-state index < -0.39 is 0 Å². The highest BCUT2D eigenvalue weighted by Crippen LogP contribution is 2.20. The number of hydrogen-bond acceptors (Lipinski definition) is 4. The Bertz CT molecular complexity index is 723. The van der Waals surface area contributed by atoms with Crippen LogP contribution < -0.4 is 4.74 Å². The topological polar surface area (TPSA) is 44.2 Å². The van der Waals surface area contributed by atoms with Gasteiger partial charge in [0.15, 0.2) is 0 Å². The Morgan fingerprint density at radius 3 is 2.55 bits per heavy atom. The summed E-state index contributed by atoms with van der Waals surface area (Å²) in [7, 11) is 0. The van der Waals surface area contributed by atoms with Gasteiger partial charge in [0, 0.05) is 12.2 Å². The van der Waals surface area contributed by atoms with Crippen molar-refractivity contribution in [2.75, 3.05) is 13.2 Å². The van der Waals surface area contributed by atoms with Gasteiger partial charge in [-0.15, -0.1) is 5.10 Å². The molecule has 2 aromatic rings. The Hall–Kier alpha value is -2.46. The van der Waals surface area contributed by atoms with Gasteiger partial charge in [0.2, 0.25) is 0 Å². The van der Waals surface area contributed by atoms with E-state index in [9.17, 15) is 0 Å². The largest absolute Gasteiger partial charge is 0.490 e. The maximum Gasteiger partial charge on any atom is 0.119 e. The number of benzene rings is 1. The number of hydrogen-bond donors (Lipinski definition) is 0. The van der Waals surface area contributed by atoms with Gasteiger partial charge in [-0.05, 0) is 75.1 Å². The second-order valence-corrected chi connectivity index (χ2v) is 7.19. The third-order valence-electron chi connectivity index (χ3n) is 4.62. The minimum absolute atomic E-state index is 0.341. The summed E-state index contributed by atoms with van der Waals surface area (Å²) in [5.74, 6) is 0.821. The molecule has 4 nitrogen and oxygen atoms in total. The summed E-state index contributed by atoms with van der Waals surface area (Å²) in [5, 5.41) is 8.65. The van der Waals surface area contributed by atoms with Crippen LogP contribution in [-0.4, -0.2) is 29.5 Å². The molecule has 0 fully saturated rings. The molecular formula is C25H34N2O2. The summed E-state index contributed by atoms with van der Waals surface area (Å²) >= 11 is 0. The molecule has 0 N–H and O–H groups in total. The molecule has 1 aromatic heterocycles. The molecule has 2 rings (SSSR count). The van der Waals surface area contributed by atoms with Crippen molar-refractivity contribution in [3.63, 3.8) is 0 Å². The fourth-order valence-electron chi connectivity index (χ4n) is 2.91. The first-order chi connectivity index (χ1) is 14.2. The number of aromatic nitrogens is 2. The minimum atomic E-state index is 0.341. The monoisotopic (exact) mass is 394 g/mol. The van der Waals surface area contributed by atoms with Crippen LogP contribution in [0.5, 0.6) is 5.75 Å². The highest BCUT2D eigenvalue weighted by Gasteiger charge is 2.02. The number of nitrogens with zero attached hydrogens (tertiary/aromatic N) is 2. The molecule has 0 radical (unpaired) electrons. The quantitative estimate of drug-likeness (QED) is 0.271. The van der Waals surface area contributed by atoms with Crippen LogP contribution >= 0.6 is 0 Å². The van der Waals surface area contributed by atoms with Gasteiger partial charge in [0.1, 0.15) is 12.4 Å². The van der Waals surface area contributed by atoms with Crippen LogP contribution in [0.4, 0.5) is 0 Å². The predicted octanol–water partition coefficient (Wildman–Crippen LogP) is 6.49. The third kappa shape index (κ3) is 9.05. The van der Waals surface area contributed by atoms with Gasteiger partial charge in [0.05, 0.1) is 17.5 Å². The highest BCUT2D eigenvalue weighted by atomic mass is 16.5. The minimum Gasteiger partial charge on any atom is -0.490 e. The molecular weight excluding hydrogens is 360 g/mol. The molecule has 0 aliphatic rings. The SMILES string of the molecule is C=CCOc1ccc(-c2ccc(/C=C/CCCC(C)OCCCCC)nn2)cc1. The van der Waals surface area contributed by atoms with Crippen molar-refractivity contribution in [3.05, 3.63) is 60.8 Å². The van der Waals surface area contributed by atoms with E-state index in [1.54, 1.807) is 6.08 Å². The standard InChI is InChI=1S/C25H34N2O2/c1-4-6-10-20-28-21(3)11-8-7-9-12-23-15-18-25(27-26-23)22-13-16-24(17-14-22)29-19-5-2/h5,9,12-18,21H,2,4,6-8,10-11,19-20H2,1,3H3/b12-9+. The Morgan fingerprint density at radius 1 is 1.03 bits per heavy atom. The summed E-state index contributed by atoms with van der Waals surface area (Å²) in [4.78, 5) is 0. The van der Waals surface area contributed by atoms with E-state index >= 15 is 0 Å². The Morgan fingerprint density at radius 2 is 1.86 bits per heavy atom. The second kappa shape index (κ2) is 13.7. The van der Waals surface area contributed by atoms with Crippen LogP contribution in [0, 0.1) is 0 Å². The summed E-state index contributed by atoms with van der Waals surface area (Å²) in [5.41, 5.74) is 2.75. The highest BCUT2D eigenvalue weighted by molar-refractivity contribution is 5.60. The van der Waals surface area contributed by atoms with Gasteiger partial charge >= 0.3 is 0 Å². The Balaban J connectivity index is 1.72. The molecule has 0 saturated carbocycles. The smallest absolute Gasteiger partial charge is 0.119 e. The molecule has 29 heavy (non-hydrogen) atoms. The van der Waals surface area contributed by atoms with Gasteiger partial charge in [-0.3, -0.25) is 0 Å². The van der Waals surface area contributed by atoms with E-state index in [-0.39, 0.29) is 0 Å². The zero-order chi connectivity index (χ0) is 20.7. The summed E-state index contributed by atoms with van der Waals surface area (Å²) in [6.45, 7) is 9.42. The fraction of sp³-hybridized carbons (Fsp3) is 0.440. The van der Waals surface area contributed by atoms with Crippen molar-refractivity contribution < 1.29 is 9.47 Å². The molecule has 0 aliphatic carbocycles. The zero-order valence-corrected chi connectivity index (χ0v) is 17.8. The Kier molecular flexibility index (Phi) is 10.8. The number of unbranched alkanes of at least 4 members (excludes halogenated alkanes) is 3. The maximum absolute atomic E-state index is 5.83. The summed E-state index contributed by atoms with van der Waals surface area (Å²) in [6, 6.07) is 11.8. The van der Waals surface area contributed by atoms with Crippen LogP contribution in [0.3, 0.4) is 0 Å². The first kappa shape index (κ1) is 22.8. The summed E-state index contributed by atoms with van der Waals surface area (Å²) < 4.78 is 11.3. The number of rotatable bonds is 14. The molecule has 1 heterocycles. The second-order valence-electron chi connectivity index (χ2n) is 7.19. The molecule has 0 bridgehead atoms. The van der Waals surface area contributed by atoms with Crippen molar-refractivity contribution in [2.45, 2.75) is 58.5 Å². The van der Waals surface area contributed by atoms with Crippen LogP contribution in [0.25, 0.3) is 17.3 Å². The first-order valence-electron chi connectivity index (χ1n) is 10.7. The van der Waals surface area contributed by atoms with Crippen LogP contribution in [0.2, 0.25) is 0 Å². The van der Waals surface area contributed by atoms with E-state index in [0.29, 0.717) is 12.7 Å². The van der Waals surface area contributed by atoms with Gasteiger partial charge < -0.3 is 9.47 Å². The maximum atomic E-state index is 5.83. The van der Waals surface area contributed by atoms with Crippen molar-refractivity contribution in [3.8, 4) is 17.0 Å². The van der Waals surface area contributed by atoms with Crippen LogP contribution in [0.1, 0.15) is 58.1 Å². The molecule has 1 aromatic carbocycles. The van der Waals surface area contributed by atoms with Crippen molar-refractivity contribution in [2.24, 2.45) is 0 Å². The average Bonchev–Trinajstić information content (AvgIpc) is 2.76. The zero-order valence-electron chi connectivity index (χ0n) is 17.8. The van der Waals surface area contributed by atoms with Gasteiger partial charge in [-0.1, -0.05) is 38.5 Å². The van der Waals surface area contributed by atoms with Crippen LogP contribution in [-0.2, 0) is 4.74 Å². The molecule has 0 aliphatic heterocycles. The normalized spacial score (nSPS) is 12.2. The lowest BCUT2D eigenvalue weighted by Gasteiger charge is -2.11. The number of allylic oxidation sites excluding steroid dienone is 1. The van der Waals surface area contributed by atoms with Crippen molar-refractivity contribution in [1.82, 2.24) is 10.2 Å². The summed E-state index contributed by atoms with van der Waals surface area (Å²) in [6.07, 6.45) is 13.2. The fourth-order valence-corrected chi connectivity index (χ4v) is 2.91. The van der Waals surface area contributed by atoms with Crippen LogP contribution in [0.15, 0.2) is 55.1 Å². The third-order valence-corrected chi connectivity index (χ3v) is 4.62. The lowest BCUT2D eigenvalue weighted by Crippen LogP contribution is -2.08. The lowest BCUT2D eigenvalue weighted by molar-refractivity contribution is 0.0566.